The number of carboxylic acid groups (broad SMARTS) is 1. The number of rotatable bonds is 9. The molecule has 2 rings (SSSR count). The van der Waals surface area contributed by atoms with Gasteiger partial charge in [0.1, 0.15) is 11.6 Å². The Hall–Kier alpha value is -2.18. The van der Waals surface area contributed by atoms with Crippen LogP contribution in [0.3, 0.4) is 0 Å². The van der Waals surface area contributed by atoms with Crippen LogP contribution < -0.4 is 0 Å². The third-order valence-electron chi connectivity index (χ3n) is 5.14. The first-order chi connectivity index (χ1) is 13.2. The van der Waals surface area contributed by atoms with E-state index in [1.165, 1.54) is 12.1 Å². The Morgan fingerprint density at radius 2 is 1.89 bits per heavy atom. The molecule has 7 heteroatoms. The molecule has 0 saturated heterocycles. The van der Waals surface area contributed by atoms with Gasteiger partial charge in [-0.3, -0.25) is 9.59 Å². The van der Waals surface area contributed by atoms with Gasteiger partial charge in [-0.15, -0.1) is 0 Å². The van der Waals surface area contributed by atoms with Crippen molar-refractivity contribution >= 4 is 17.8 Å². The number of hydrogen-bond donors (Lipinski definition) is 1. The van der Waals surface area contributed by atoms with E-state index in [4.69, 9.17) is 5.11 Å². The molecule has 0 bridgehead atoms. The number of carboxylic acids is 1. The molecule has 1 aromatic carbocycles. The number of aliphatic carboxylic acids is 1. The molecular weight excluding hydrogens is 376 g/mol. The molecule has 2 atom stereocenters. The van der Waals surface area contributed by atoms with Gasteiger partial charge >= 0.3 is 12.1 Å². The zero-order valence-electron chi connectivity index (χ0n) is 15.5. The van der Waals surface area contributed by atoms with Gasteiger partial charge in [0.05, 0.1) is 5.56 Å². The fourth-order valence-corrected chi connectivity index (χ4v) is 3.63. The molecule has 0 aromatic heterocycles. The molecule has 3 nitrogen and oxygen atoms in total. The van der Waals surface area contributed by atoms with Gasteiger partial charge in [0, 0.05) is 18.8 Å². The minimum absolute atomic E-state index is 0.0362. The molecule has 0 amide bonds. The van der Waals surface area contributed by atoms with Crippen LogP contribution in [-0.2, 0) is 15.8 Å². The normalized spacial score (nSPS) is 20.2. The maximum atomic E-state index is 13.4. The predicted octanol–water partition coefficient (Wildman–Crippen LogP) is 5.88. The molecule has 0 aliphatic heterocycles. The van der Waals surface area contributed by atoms with Crippen LogP contribution in [0.4, 0.5) is 17.6 Å². The van der Waals surface area contributed by atoms with Crippen LogP contribution in [0.5, 0.6) is 0 Å². The number of allylic oxidation sites excluding steroid dienone is 1. The van der Waals surface area contributed by atoms with Gasteiger partial charge in [0.25, 0.3) is 0 Å². The number of alkyl halides is 3. The van der Waals surface area contributed by atoms with Crippen molar-refractivity contribution in [1.82, 2.24) is 0 Å². The lowest BCUT2D eigenvalue weighted by molar-refractivity contribution is -0.140. The average Bonchev–Trinajstić information content (AvgIpc) is 2.96. The van der Waals surface area contributed by atoms with Crippen molar-refractivity contribution in [2.24, 2.45) is 11.8 Å². The Morgan fingerprint density at radius 1 is 1.18 bits per heavy atom. The number of benzene rings is 1. The zero-order valence-corrected chi connectivity index (χ0v) is 15.5. The number of carbonyl (C=O) groups is 2. The molecule has 1 fully saturated rings. The topological polar surface area (TPSA) is 54.4 Å². The zero-order chi connectivity index (χ0) is 20.7. The number of hydrogen-bond acceptors (Lipinski definition) is 2. The second-order valence-corrected chi connectivity index (χ2v) is 7.22. The lowest BCUT2D eigenvalue weighted by Gasteiger charge is -2.15. The second-order valence-electron chi connectivity index (χ2n) is 7.22. The summed E-state index contributed by atoms with van der Waals surface area (Å²) >= 11 is 0. The highest BCUT2D eigenvalue weighted by Gasteiger charge is 2.34. The van der Waals surface area contributed by atoms with Gasteiger partial charge in [0.2, 0.25) is 0 Å². The van der Waals surface area contributed by atoms with Gasteiger partial charge in [-0.05, 0) is 42.9 Å². The Morgan fingerprint density at radius 3 is 2.57 bits per heavy atom. The first-order valence-electron chi connectivity index (χ1n) is 9.48. The van der Waals surface area contributed by atoms with Crippen LogP contribution in [0.15, 0.2) is 24.3 Å². The maximum Gasteiger partial charge on any atom is 0.419 e. The molecule has 28 heavy (non-hydrogen) atoms. The molecule has 154 valence electrons. The van der Waals surface area contributed by atoms with Crippen molar-refractivity contribution in [1.29, 1.82) is 0 Å². The molecule has 1 aromatic rings. The Kier molecular flexibility index (Phi) is 7.78. The van der Waals surface area contributed by atoms with Crippen LogP contribution >= 0.6 is 0 Å². The number of unbranched alkanes of at least 4 members (excludes halogenated alkanes) is 3. The minimum Gasteiger partial charge on any atom is -0.481 e. The van der Waals surface area contributed by atoms with Gasteiger partial charge < -0.3 is 5.11 Å². The molecule has 2 unspecified atom stereocenters. The first kappa shape index (κ1) is 22.1. The fourth-order valence-electron chi connectivity index (χ4n) is 3.63. The smallest absolute Gasteiger partial charge is 0.419 e. The summed E-state index contributed by atoms with van der Waals surface area (Å²) in [6, 6.07) is 2.87. The number of carbonyl (C=O) groups excluding carboxylic acids is 1. The van der Waals surface area contributed by atoms with E-state index in [9.17, 15) is 27.2 Å². The van der Waals surface area contributed by atoms with Crippen LogP contribution in [0.1, 0.15) is 62.5 Å². The summed E-state index contributed by atoms with van der Waals surface area (Å²) in [6.07, 6.45) is 3.56. The van der Waals surface area contributed by atoms with Gasteiger partial charge in [-0.2, -0.15) is 13.2 Å². The van der Waals surface area contributed by atoms with Crippen LogP contribution in [0.2, 0.25) is 0 Å². The highest BCUT2D eigenvalue weighted by molar-refractivity contribution is 5.84. The number of halogens is 4. The average molecular weight is 400 g/mol. The largest absolute Gasteiger partial charge is 0.481 e. The molecule has 1 aliphatic rings. The number of ketones is 1. The van der Waals surface area contributed by atoms with Gasteiger partial charge in [-0.25, -0.2) is 4.39 Å². The van der Waals surface area contributed by atoms with Crippen molar-refractivity contribution < 1.29 is 32.3 Å². The van der Waals surface area contributed by atoms with E-state index in [2.05, 4.69) is 0 Å². The van der Waals surface area contributed by atoms with Crippen LogP contribution in [-0.4, -0.2) is 16.9 Å². The number of Topliss-reactive ketones (excluding diaryl/α,β-unsaturated/α-hetero) is 1. The summed E-state index contributed by atoms with van der Waals surface area (Å²) in [4.78, 5) is 22.6. The van der Waals surface area contributed by atoms with Crippen LogP contribution in [0, 0.1) is 17.7 Å². The summed E-state index contributed by atoms with van der Waals surface area (Å²) in [5.74, 6) is -2.15. The lowest BCUT2D eigenvalue weighted by atomic mass is 9.89. The molecule has 1 N–H and O–H groups in total. The van der Waals surface area contributed by atoms with Crippen LogP contribution in [0.25, 0.3) is 6.08 Å². The maximum absolute atomic E-state index is 13.4. The Balaban J connectivity index is 1.93. The molecule has 0 heterocycles. The van der Waals surface area contributed by atoms with E-state index in [1.807, 2.05) is 0 Å². The predicted molar refractivity (Wildman–Crippen MR) is 97.0 cm³/mol. The molecule has 0 radical (unpaired) electrons. The summed E-state index contributed by atoms with van der Waals surface area (Å²) in [5, 5.41) is 8.61. The fraction of sp³-hybridized carbons (Fsp3) is 0.524. The van der Waals surface area contributed by atoms with Gasteiger partial charge in [0.15, 0.2) is 0 Å². The summed E-state index contributed by atoms with van der Waals surface area (Å²) in [7, 11) is 0. The highest BCUT2D eigenvalue weighted by atomic mass is 19.4. The molecular formula is C21H24F4O3. The van der Waals surface area contributed by atoms with E-state index in [0.29, 0.717) is 25.7 Å². The van der Waals surface area contributed by atoms with Crippen molar-refractivity contribution in [3.05, 3.63) is 41.2 Å². The Labute approximate surface area is 161 Å². The standard InChI is InChI=1S/C21H24F4O3/c22-18-11-8-14(13-17(18)21(23,24)25)7-9-15-10-12-19(26)16(15)5-3-1-2-4-6-20(27)28/h7-9,11,13,15-16H,1-6,10,12H2,(H,27,28). The molecule has 0 spiro atoms. The van der Waals surface area contributed by atoms with E-state index >= 15 is 0 Å². The molecule has 1 saturated carbocycles. The Bertz CT molecular complexity index is 725. The van der Waals surface area contributed by atoms with E-state index in [-0.39, 0.29) is 29.6 Å². The monoisotopic (exact) mass is 400 g/mol. The van der Waals surface area contributed by atoms with Gasteiger partial charge in [-0.1, -0.05) is 37.5 Å². The summed E-state index contributed by atoms with van der Waals surface area (Å²) in [6.45, 7) is 0. The van der Waals surface area contributed by atoms with Crippen molar-refractivity contribution in [3.8, 4) is 0 Å². The van der Waals surface area contributed by atoms with Crippen molar-refractivity contribution in [2.75, 3.05) is 0 Å². The molecule has 1 aliphatic carbocycles. The van der Waals surface area contributed by atoms with Crippen molar-refractivity contribution in [2.45, 2.75) is 57.5 Å². The first-order valence-corrected chi connectivity index (χ1v) is 9.48. The third kappa shape index (κ3) is 6.46. The quantitative estimate of drug-likeness (QED) is 0.416. The highest BCUT2D eigenvalue weighted by Crippen LogP contribution is 2.35. The van der Waals surface area contributed by atoms with E-state index in [0.717, 1.165) is 31.4 Å². The van der Waals surface area contributed by atoms with Crippen molar-refractivity contribution in [3.63, 3.8) is 0 Å². The van der Waals surface area contributed by atoms with E-state index in [1.54, 1.807) is 6.08 Å². The summed E-state index contributed by atoms with van der Waals surface area (Å²) in [5.41, 5.74) is -1.05. The minimum atomic E-state index is -4.75. The van der Waals surface area contributed by atoms with E-state index < -0.39 is 23.5 Å². The summed E-state index contributed by atoms with van der Waals surface area (Å²) < 4.78 is 51.8. The third-order valence-corrected chi connectivity index (χ3v) is 5.14. The lowest BCUT2D eigenvalue weighted by Crippen LogP contribution is -2.13. The SMILES string of the molecule is O=C(O)CCCCCCC1C(=O)CCC1C=Cc1ccc(F)c(C(F)(F)F)c1. The second kappa shape index (κ2) is 9.85.